The summed E-state index contributed by atoms with van der Waals surface area (Å²) >= 11 is 0. The Bertz CT molecular complexity index is 879. The van der Waals surface area contributed by atoms with Crippen LogP contribution in [0.25, 0.3) is 0 Å². The molecule has 27 heavy (non-hydrogen) atoms. The third kappa shape index (κ3) is 4.64. The van der Waals surface area contributed by atoms with E-state index < -0.39 is 10.0 Å². The third-order valence-electron chi connectivity index (χ3n) is 4.75. The minimum absolute atomic E-state index is 0.00884. The summed E-state index contributed by atoms with van der Waals surface area (Å²) in [6, 6.07) is 9.95. The average molecular weight is 389 g/mol. The molecule has 1 amide bonds. The van der Waals surface area contributed by atoms with Gasteiger partial charge in [0.25, 0.3) is 5.91 Å². The summed E-state index contributed by atoms with van der Waals surface area (Å²) in [6.45, 7) is 1.57. The molecular formula is C19H23N3O4S. The Labute approximate surface area is 159 Å². The molecule has 1 fully saturated rings. The zero-order chi connectivity index (χ0) is 19.3. The maximum absolute atomic E-state index is 12.6. The number of benzene rings is 1. The van der Waals surface area contributed by atoms with Crippen molar-refractivity contribution >= 4 is 15.9 Å². The number of methoxy groups -OCH3 is 1. The Morgan fingerprint density at radius 1 is 1.19 bits per heavy atom. The molecule has 1 aromatic heterocycles. The van der Waals surface area contributed by atoms with Gasteiger partial charge >= 0.3 is 0 Å². The van der Waals surface area contributed by atoms with Crippen molar-refractivity contribution in [1.82, 2.24) is 14.6 Å². The quantitative estimate of drug-likeness (QED) is 0.815. The first-order valence-electron chi connectivity index (χ1n) is 8.83. The molecule has 1 aliphatic heterocycles. The van der Waals surface area contributed by atoms with Gasteiger partial charge in [0.2, 0.25) is 10.0 Å². The molecule has 1 N–H and O–H groups in total. The van der Waals surface area contributed by atoms with Gasteiger partial charge in [0.1, 0.15) is 10.6 Å². The number of aromatic nitrogens is 1. The van der Waals surface area contributed by atoms with Gasteiger partial charge in [0.05, 0.1) is 7.11 Å². The number of piperidine rings is 1. The summed E-state index contributed by atoms with van der Waals surface area (Å²) in [5.74, 6) is 0.504. The molecule has 0 saturated carbocycles. The van der Waals surface area contributed by atoms with Gasteiger partial charge in [0, 0.05) is 37.6 Å². The molecule has 0 atom stereocenters. The van der Waals surface area contributed by atoms with Crippen LogP contribution in [0.4, 0.5) is 0 Å². The van der Waals surface area contributed by atoms with Crippen LogP contribution in [-0.2, 0) is 10.0 Å². The minimum Gasteiger partial charge on any atom is -0.495 e. The molecule has 2 aromatic rings. The van der Waals surface area contributed by atoms with E-state index in [4.69, 9.17) is 4.74 Å². The number of sulfonamides is 1. The lowest BCUT2D eigenvalue weighted by Crippen LogP contribution is -2.41. The molecule has 1 aliphatic rings. The molecule has 8 heteroatoms. The number of rotatable bonds is 6. The number of carbonyl (C=O) groups excluding carboxylic acids is 1. The van der Waals surface area contributed by atoms with Crippen molar-refractivity contribution in [3.8, 4) is 5.75 Å². The Morgan fingerprint density at radius 2 is 1.85 bits per heavy atom. The Morgan fingerprint density at radius 3 is 2.52 bits per heavy atom. The smallest absolute Gasteiger partial charge is 0.253 e. The first-order chi connectivity index (χ1) is 13.0. The summed E-state index contributed by atoms with van der Waals surface area (Å²) in [7, 11) is -2.19. The van der Waals surface area contributed by atoms with E-state index in [1.165, 1.54) is 13.2 Å². The van der Waals surface area contributed by atoms with Crippen molar-refractivity contribution in [2.75, 3.05) is 26.7 Å². The maximum Gasteiger partial charge on any atom is 0.253 e. The lowest BCUT2D eigenvalue weighted by atomic mass is 9.97. The van der Waals surface area contributed by atoms with Crippen LogP contribution in [-0.4, -0.2) is 51.0 Å². The topological polar surface area (TPSA) is 88.6 Å². The maximum atomic E-state index is 12.6. The predicted octanol–water partition coefficient (Wildman–Crippen LogP) is 1.92. The van der Waals surface area contributed by atoms with Crippen LogP contribution in [0.5, 0.6) is 5.75 Å². The Balaban J connectivity index is 1.54. The molecule has 0 spiro atoms. The van der Waals surface area contributed by atoms with Crippen LogP contribution in [0.15, 0.2) is 53.7 Å². The summed E-state index contributed by atoms with van der Waals surface area (Å²) < 4.78 is 32.9. The van der Waals surface area contributed by atoms with Crippen LogP contribution in [0.2, 0.25) is 0 Å². The van der Waals surface area contributed by atoms with Gasteiger partial charge in [-0.25, -0.2) is 13.1 Å². The van der Waals surface area contributed by atoms with E-state index in [1.807, 2.05) is 0 Å². The second kappa shape index (κ2) is 8.49. The van der Waals surface area contributed by atoms with Crippen LogP contribution >= 0.6 is 0 Å². The highest BCUT2D eigenvalue weighted by atomic mass is 32.2. The Hall–Kier alpha value is -2.45. The minimum atomic E-state index is -3.64. The number of hydrogen-bond acceptors (Lipinski definition) is 5. The van der Waals surface area contributed by atoms with Crippen LogP contribution in [0.3, 0.4) is 0 Å². The number of nitrogens with one attached hydrogen (secondary N) is 1. The molecule has 144 valence electrons. The van der Waals surface area contributed by atoms with Crippen molar-refractivity contribution < 1.29 is 17.9 Å². The Kier molecular flexibility index (Phi) is 6.08. The van der Waals surface area contributed by atoms with E-state index in [9.17, 15) is 13.2 Å². The molecule has 7 nitrogen and oxygen atoms in total. The number of pyridine rings is 1. The fraction of sp³-hybridized carbons (Fsp3) is 0.368. The summed E-state index contributed by atoms with van der Waals surface area (Å²) in [4.78, 5) is 18.3. The summed E-state index contributed by atoms with van der Waals surface area (Å²) in [6.07, 6.45) is 4.72. The molecule has 1 aromatic carbocycles. The van der Waals surface area contributed by atoms with E-state index in [0.29, 0.717) is 30.9 Å². The zero-order valence-corrected chi connectivity index (χ0v) is 16.0. The standard InChI is InChI=1S/C19H23N3O4S/c1-26-17-4-2-3-5-18(17)27(24,25)21-14-15-8-12-22(13-9-15)19(23)16-6-10-20-11-7-16/h2-7,10-11,15,21H,8-9,12-14H2,1H3. The third-order valence-corrected chi connectivity index (χ3v) is 6.21. The fourth-order valence-electron chi connectivity index (χ4n) is 3.16. The highest BCUT2D eigenvalue weighted by Crippen LogP contribution is 2.24. The number of likely N-dealkylation sites (tertiary alicyclic amines) is 1. The largest absolute Gasteiger partial charge is 0.495 e. The molecule has 3 rings (SSSR count). The monoisotopic (exact) mass is 389 g/mol. The first kappa shape index (κ1) is 19.3. The molecule has 2 heterocycles. The number of hydrogen-bond donors (Lipinski definition) is 1. The van der Waals surface area contributed by atoms with Crippen molar-refractivity contribution in [3.05, 3.63) is 54.4 Å². The van der Waals surface area contributed by atoms with E-state index in [2.05, 4.69) is 9.71 Å². The lowest BCUT2D eigenvalue weighted by Gasteiger charge is -2.32. The fourth-order valence-corrected chi connectivity index (χ4v) is 4.45. The van der Waals surface area contributed by atoms with E-state index in [0.717, 1.165) is 12.8 Å². The SMILES string of the molecule is COc1ccccc1S(=O)(=O)NCC1CCN(C(=O)c2ccncc2)CC1. The van der Waals surface area contributed by atoms with Gasteiger partial charge in [-0.1, -0.05) is 12.1 Å². The molecule has 0 bridgehead atoms. The molecule has 0 aliphatic carbocycles. The first-order valence-corrected chi connectivity index (χ1v) is 10.3. The van der Waals surface area contributed by atoms with Gasteiger partial charge < -0.3 is 9.64 Å². The highest BCUT2D eigenvalue weighted by Gasteiger charge is 2.26. The van der Waals surface area contributed by atoms with Crippen LogP contribution in [0.1, 0.15) is 23.2 Å². The summed E-state index contributed by atoms with van der Waals surface area (Å²) in [5, 5.41) is 0. The van der Waals surface area contributed by atoms with Gasteiger partial charge in [-0.3, -0.25) is 9.78 Å². The lowest BCUT2D eigenvalue weighted by molar-refractivity contribution is 0.0692. The number of carbonyl (C=O) groups is 1. The van der Waals surface area contributed by atoms with Crippen molar-refractivity contribution in [2.24, 2.45) is 5.92 Å². The van der Waals surface area contributed by atoms with Gasteiger partial charge in [-0.15, -0.1) is 0 Å². The van der Waals surface area contributed by atoms with Gasteiger partial charge in [-0.2, -0.15) is 0 Å². The zero-order valence-electron chi connectivity index (χ0n) is 15.2. The van der Waals surface area contributed by atoms with Crippen molar-refractivity contribution in [3.63, 3.8) is 0 Å². The van der Waals surface area contributed by atoms with E-state index in [1.54, 1.807) is 47.6 Å². The molecular weight excluding hydrogens is 366 g/mol. The van der Waals surface area contributed by atoms with E-state index in [-0.39, 0.29) is 16.7 Å². The predicted molar refractivity (Wildman–Crippen MR) is 101 cm³/mol. The average Bonchev–Trinajstić information content (AvgIpc) is 2.73. The van der Waals surface area contributed by atoms with Crippen molar-refractivity contribution in [1.29, 1.82) is 0 Å². The van der Waals surface area contributed by atoms with Crippen LogP contribution < -0.4 is 9.46 Å². The molecule has 1 saturated heterocycles. The number of ether oxygens (including phenoxy) is 1. The van der Waals surface area contributed by atoms with Crippen LogP contribution in [0, 0.1) is 5.92 Å². The van der Waals surface area contributed by atoms with Gasteiger partial charge in [0.15, 0.2) is 0 Å². The second-order valence-electron chi connectivity index (χ2n) is 6.47. The number of amides is 1. The molecule has 0 unspecified atom stereocenters. The number of nitrogens with zero attached hydrogens (tertiary/aromatic N) is 2. The normalized spacial score (nSPS) is 15.5. The summed E-state index contributed by atoms with van der Waals surface area (Å²) in [5.41, 5.74) is 0.625. The van der Waals surface area contributed by atoms with Gasteiger partial charge in [-0.05, 0) is 43.0 Å². The number of para-hydroxylation sites is 1. The van der Waals surface area contributed by atoms with E-state index >= 15 is 0 Å². The second-order valence-corrected chi connectivity index (χ2v) is 8.21. The highest BCUT2D eigenvalue weighted by molar-refractivity contribution is 7.89. The molecule has 0 radical (unpaired) electrons. The van der Waals surface area contributed by atoms with Crippen molar-refractivity contribution in [2.45, 2.75) is 17.7 Å².